The highest BCUT2D eigenvalue weighted by atomic mass is 27.2. The molecule has 0 atom stereocenters. The first-order valence-corrected chi connectivity index (χ1v) is 15.3. The molecule has 3 aromatic heterocycles. The van der Waals surface area contributed by atoms with E-state index in [0.717, 1.165) is 33.0 Å². The molecule has 202 valence electrons. The van der Waals surface area contributed by atoms with E-state index in [2.05, 4.69) is 9.97 Å². The minimum absolute atomic E-state index is 0.431. The molecule has 0 aliphatic carbocycles. The molecule has 2 aliphatic rings. The lowest BCUT2D eigenvalue weighted by molar-refractivity contribution is 0.426. The van der Waals surface area contributed by atoms with Gasteiger partial charge in [-0.05, 0) is 4.43 Å². The highest BCUT2D eigenvalue weighted by Crippen LogP contribution is 2.36. The number of nitrogens with zero attached hydrogens (tertiary/aromatic N) is 6. The van der Waals surface area contributed by atoms with E-state index in [1.54, 1.807) is 12.1 Å². The number of fused-ring (bicyclic) bond motifs is 20. The summed E-state index contributed by atoms with van der Waals surface area (Å²) in [6, 6.07) is 29.0. The van der Waals surface area contributed by atoms with Gasteiger partial charge >= 0.3 is 14.8 Å². The summed E-state index contributed by atoms with van der Waals surface area (Å²) in [4.78, 5) is 36.4. The summed E-state index contributed by atoms with van der Waals surface area (Å²) in [5.41, 5.74) is 5.55. The van der Waals surface area contributed by atoms with Gasteiger partial charge in [-0.15, -0.1) is 0 Å². The Morgan fingerprint density at radius 1 is 0.419 bits per heavy atom. The molecule has 0 fully saturated rings. The van der Waals surface area contributed by atoms with Gasteiger partial charge in [0, 0.05) is 43.8 Å². The van der Waals surface area contributed by atoms with Crippen LogP contribution in [0.2, 0.25) is 0 Å². The Kier molecular flexibility index (Phi) is 5.14. The molecule has 9 rings (SSSR count). The first-order valence-electron chi connectivity index (χ1n) is 13.7. The molecule has 7 aromatic rings. The van der Waals surface area contributed by atoms with Crippen molar-refractivity contribution in [1.82, 2.24) is 39.9 Å². The number of aromatic amines is 2. The van der Waals surface area contributed by atoms with Crippen molar-refractivity contribution in [1.29, 1.82) is 0 Å². The Morgan fingerprint density at radius 2 is 0.814 bits per heavy atom. The fourth-order valence-corrected chi connectivity index (χ4v) is 6.77. The van der Waals surface area contributed by atoms with Crippen LogP contribution in [-0.4, -0.2) is 63.0 Å². The monoisotopic (exact) mass is 574 g/mol. The van der Waals surface area contributed by atoms with Crippen molar-refractivity contribution < 1.29 is 8.32 Å². The standard InChI is InChI=1S/C32H17N8.Al.2H2O/c1-2-10-18-17(9-1)25-33-26(18)38-28-21-13-5-6-14-22(21)30(35-28)40-32-24-16-8-7-15-23(24)31(36-32)39-29-20-12-4-3-11-19(20)27(34-29)37-25;;;/h1-15H,(H2,33,34,35,36,37,38,39,40);;2*1H2/q;+2;;/p-2. The Morgan fingerprint density at radius 3 is 1.30 bits per heavy atom. The van der Waals surface area contributed by atoms with E-state index in [9.17, 15) is 8.32 Å². The van der Waals surface area contributed by atoms with Crippen LogP contribution < -0.4 is 4.43 Å². The molecule has 0 radical (unpaired) electrons. The quantitative estimate of drug-likeness (QED) is 0.209. The van der Waals surface area contributed by atoms with Crippen molar-refractivity contribution in [3.05, 3.63) is 91.0 Å². The summed E-state index contributed by atoms with van der Waals surface area (Å²) in [7, 11) is 0. The molecule has 10 nitrogen and oxygen atoms in total. The zero-order chi connectivity index (χ0) is 28.7. The lowest BCUT2D eigenvalue weighted by Gasteiger charge is -2.00. The molecule has 0 saturated heterocycles. The smallest absolute Gasteiger partial charge is 0.490 e. The summed E-state index contributed by atoms with van der Waals surface area (Å²) in [5, 5.41) is 3.11. The van der Waals surface area contributed by atoms with Crippen LogP contribution in [0.1, 0.15) is 0 Å². The topological polar surface area (TPSA) is 149 Å². The third-order valence-electron chi connectivity index (χ3n) is 7.89. The van der Waals surface area contributed by atoms with E-state index in [1.807, 2.05) is 78.9 Å². The Balaban J connectivity index is 1.52. The SMILES string of the molecule is [OH][Al]([OH])[c]1cccc2c3nc4nc(nc5[nH]c(nc6nc(nc([nH]3)c12)-c1ccccc1-6)c1ccccc51)-c1ccccc1-4. The van der Waals surface area contributed by atoms with Crippen molar-refractivity contribution in [2.45, 2.75) is 0 Å². The van der Waals surface area contributed by atoms with Gasteiger partial charge in [0.1, 0.15) is 22.6 Å². The maximum Gasteiger partial charge on any atom is 0.713 e. The Labute approximate surface area is 247 Å². The summed E-state index contributed by atoms with van der Waals surface area (Å²) < 4.78 is 21.3. The van der Waals surface area contributed by atoms with Gasteiger partial charge in [0.2, 0.25) is 0 Å². The zero-order valence-corrected chi connectivity index (χ0v) is 23.5. The van der Waals surface area contributed by atoms with Gasteiger partial charge in [-0.25, -0.2) is 29.9 Å². The summed E-state index contributed by atoms with van der Waals surface area (Å²) in [6.07, 6.45) is 0. The van der Waals surface area contributed by atoms with Crippen molar-refractivity contribution in [3.8, 4) is 45.6 Å². The van der Waals surface area contributed by atoms with Crippen molar-refractivity contribution in [3.63, 3.8) is 0 Å². The second-order valence-corrected chi connectivity index (χ2v) is 11.8. The van der Waals surface area contributed by atoms with Crippen LogP contribution >= 0.6 is 0 Å². The van der Waals surface area contributed by atoms with Crippen LogP contribution in [-0.2, 0) is 0 Å². The molecule has 0 spiro atoms. The number of rotatable bonds is 1. The first kappa shape index (κ1) is 24.3. The normalized spacial score (nSPS) is 12.0. The molecule has 8 bridgehead atoms. The highest BCUT2D eigenvalue weighted by Gasteiger charge is 2.26. The maximum atomic E-state index is 10.4. The van der Waals surface area contributed by atoms with Crippen molar-refractivity contribution in [2.24, 2.45) is 0 Å². The largest absolute Gasteiger partial charge is 0.713 e. The first-order chi connectivity index (χ1) is 21.1. The number of hydrogen-bond acceptors (Lipinski definition) is 8. The van der Waals surface area contributed by atoms with Crippen LogP contribution in [0.4, 0.5) is 0 Å². The van der Waals surface area contributed by atoms with E-state index in [1.165, 1.54) is 0 Å². The van der Waals surface area contributed by atoms with Crippen LogP contribution in [0.25, 0.3) is 89.7 Å². The lowest BCUT2D eigenvalue weighted by atomic mass is 10.1. The fraction of sp³-hybridized carbons (Fsp3) is 0. The van der Waals surface area contributed by atoms with E-state index >= 15 is 0 Å². The van der Waals surface area contributed by atoms with Gasteiger partial charge in [0.15, 0.2) is 23.3 Å². The molecular weight excluding hydrogens is 555 g/mol. The molecule has 2 aliphatic heterocycles. The maximum absolute atomic E-state index is 10.4. The van der Waals surface area contributed by atoms with E-state index in [4.69, 9.17) is 29.9 Å². The molecule has 4 N–H and O–H groups in total. The molecule has 4 aromatic carbocycles. The molecule has 43 heavy (non-hydrogen) atoms. The van der Waals surface area contributed by atoms with Crippen LogP contribution in [0.3, 0.4) is 0 Å². The summed E-state index contributed by atoms with van der Waals surface area (Å²) >= 11 is -3.22. The van der Waals surface area contributed by atoms with E-state index in [-0.39, 0.29) is 0 Å². The number of H-pyrrole nitrogens is 2. The summed E-state index contributed by atoms with van der Waals surface area (Å²) in [5.74, 6) is 1.99. The predicted octanol–water partition coefficient (Wildman–Crippen LogP) is 4.55. The molecular formula is C32H19AlN8O2. The van der Waals surface area contributed by atoms with Crippen LogP contribution in [0, 0.1) is 0 Å². The van der Waals surface area contributed by atoms with E-state index in [0.29, 0.717) is 61.1 Å². The average molecular weight is 575 g/mol. The third-order valence-corrected chi connectivity index (χ3v) is 8.93. The van der Waals surface area contributed by atoms with Crippen LogP contribution in [0.15, 0.2) is 91.0 Å². The lowest BCUT2D eigenvalue weighted by Crippen LogP contribution is -2.30. The average Bonchev–Trinajstić information content (AvgIpc) is 3.76. The second kappa shape index (κ2) is 9.09. The van der Waals surface area contributed by atoms with Crippen LogP contribution in [0.5, 0.6) is 0 Å². The van der Waals surface area contributed by atoms with Gasteiger partial charge in [0.25, 0.3) is 0 Å². The highest BCUT2D eigenvalue weighted by molar-refractivity contribution is 6.62. The minimum Gasteiger partial charge on any atom is -0.490 e. The van der Waals surface area contributed by atoms with Gasteiger partial charge in [-0.2, -0.15) is 0 Å². The third kappa shape index (κ3) is 3.67. The number of nitrogens with one attached hydrogen (secondary N) is 2. The second-order valence-electron chi connectivity index (χ2n) is 10.4. The van der Waals surface area contributed by atoms with Gasteiger partial charge in [0.05, 0.1) is 0 Å². The minimum atomic E-state index is -3.22. The Hall–Kier alpha value is -5.31. The molecule has 0 amide bonds. The number of benzene rings is 4. The van der Waals surface area contributed by atoms with Gasteiger partial charge < -0.3 is 18.3 Å². The van der Waals surface area contributed by atoms with Gasteiger partial charge in [-0.1, -0.05) is 91.0 Å². The number of hydrogen-bond donors (Lipinski definition) is 4. The van der Waals surface area contributed by atoms with Crippen molar-refractivity contribution in [2.75, 3.05) is 0 Å². The number of aromatic nitrogens is 8. The van der Waals surface area contributed by atoms with E-state index < -0.39 is 14.8 Å². The van der Waals surface area contributed by atoms with Gasteiger partial charge in [-0.3, -0.25) is 0 Å². The molecule has 5 heterocycles. The zero-order valence-electron chi connectivity index (χ0n) is 22.3. The van der Waals surface area contributed by atoms with Crippen molar-refractivity contribution >= 4 is 63.4 Å². The molecule has 0 unspecified atom stereocenters. The Bertz CT molecular complexity index is 2460. The predicted molar refractivity (Wildman–Crippen MR) is 166 cm³/mol. The summed E-state index contributed by atoms with van der Waals surface area (Å²) in [6.45, 7) is 0. The molecule has 0 saturated carbocycles. The fourth-order valence-electron chi connectivity index (χ4n) is 5.93. The molecule has 11 heteroatoms.